The van der Waals surface area contributed by atoms with Gasteiger partial charge in [-0.3, -0.25) is 0 Å². The maximum absolute atomic E-state index is 5.72. The van der Waals surface area contributed by atoms with E-state index in [9.17, 15) is 0 Å². The van der Waals surface area contributed by atoms with Gasteiger partial charge in [-0.15, -0.1) is 12.4 Å². The van der Waals surface area contributed by atoms with Crippen molar-refractivity contribution in [2.24, 2.45) is 0 Å². The molecule has 1 aromatic rings. The number of hydrogen-bond donors (Lipinski definition) is 1. The Morgan fingerprint density at radius 3 is 2.43 bits per heavy atom. The Morgan fingerprint density at radius 1 is 1.21 bits per heavy atom. The molecule has 0 amide bonds. The molecule has 1 heterocycles. The molecule has 1 aromatic carbocycles. The van der Waals surface area contributed by atoms with E-state index < -0.39 is 0 Å². The zero-order valence-electron chi connectivity index (χ0n) is 8.54. The van der Waals surface area contributed by atoms with Crippen LogP contribution in [0.5, 0.6) is 5.75 Å². The van der Waals surface area contributed by atoms with Gasteiger partial charge in [-0.2, -0.15) is 0 Å². The molecule has 0 atom stereocenters. The number of benzene rings is 1. The third-order valence-electron chi connectivity index (χ3n) is 2.53. The van der Waals surface area contributed by atoms with Crippen molar-refractivity contribution in [2.45, 2.75) is 20.0 Å². The number of rotatable bonds is 2. The topological polar surface area (TPSA) is 21.3 Å². The normalized spacial score (nSPS) is 15.6. The fraction of sp³-hybridized carbons (Fsp3) is 0.455. The molecular weight excluding hydrogens is 198 g/mol. The minimum absolute atomic E-state index is 0. The Hall–Kier alpha value is -0.730. The molecule has 0 saturated carbocycles. The highest BCUT2D eigenvalue weighted by atomic mass is 35.5. The number of ether oxygens (including phenoxy) is 1. The second kappa shape index (κ2) is 4.67. The number of halogens is 1. The molecule has 0 aromatic heterocycles. The van der Waals surface area contributed by atoms with E-state index in [-0.39, 0.29) is 12.4 Å². The fourth-order valence-electron chi connectivity index (χ4n) is 1.33. The van der Waals surface area contributed by atoms with Crippen LogP contribution in [0.1, 0.15) is 11.1 Å². The van der Waals surface area contributed by atoms with Gasteiger partial charge >= 0.3 is 0 Å². The molecule has 78 valence electrons. The van der Waals surface area contributed by atoms with Crippen LogP contribution in [-0.4, -0.2) is 19.2 Å². The predicted octanol–water partition coefficient (Wildman–Crippen LogP) is 2.08. The molecule has 1 N–H and O–H groups in total. The molecule has 2 nitrogen and oxygen atoms in total. The Balaban J connectivity index is 0.000000980. The van der Waals surface area contributed by atoms with Crippen molar-refractivity contribution in [1.29, 1.82) is 0 Å². The van der Waals surface area contributed by atoms with E-state index in [1.807, 2.05) is 6.07 Å². The van der Waals surface area contributed by atoms with Crippen molar-refractivity contribution in [2.75, 3.05) is 13.1 Å². The van der Waals surface area contributed by atoms with Crippen molar-refractivity contribution in [3.8, 4) is 5.75 Å². The van der Waals surface area contributed by atoms with Crippen LogP contribution in [0, 0.1) is 13.8 Å². The van der Waals surface area contributed by atoms with Crippen molar-refractivity contribution >= 4 is 12.4 Å². The largest absolute Gasteiger partial charge is 0.488 e. The summed E-state index contributed by atoms with van der Waals surface area (Å²) in [5.74, 6) is 0.995. The van der Waals surface area contributed by atoms with Gasteiger partial charge < -0.3 is 10.1 Å². The highest BCUT2D eigenvalue weighted by Crippen LogP contribution is 2.18. The van der Waals surface area contributed by atoms with Crippen LogP contribution in [0.3, 0.4) is 0 Å². The van der Waals surface area contributed by atoms with Crippen molar-refractivity contribution in [3.63, 3.8) is 0 Å². The highest BCUT2D eigenvalue weighted by molar-refractivity contribution is 5.85. The maximum atomic E-state index is 5.72. The van der Waals surface area contributed by atoms with Gasteiger partial charge in [-0.1, -0.05) is 6.07 Å². The van der Waals surface area contributed by atoms with Gasteiger partial charge in [0.15, 0.2) is 0 Å². The third-order valence-corrected chi connectivity index (χ3v) is 2.53. The average Bonchev–Trinajstić information content (AvgIpc) is 2.04. The summed E-state index contributed by atoms with van der Waals surface area (Å²) in [7, 11) is 0. The van der Waals surface area contributed by atoms with Crippen LogP contribution in [0.4, 0.5) is 0 Å². The van der Waals surface area contributed by atoms with E-state index >= 15 is 0 Å². The molecule has 0 spiro atoms. The molecule has 1 saturated heterocycles. The van der Waals surface area contributed by atoms with E-state index in [1.165, 1.54) is 11.1 Å². The van der Waals surface area contributed by atoms with Gasteiger partial charge in [0.05, 0.1) is 0 Å². The van der Waals surface area contributed by atoms with Crippen LogP contribution in [0.15, 0.2) is 18.2 Å². The van der Waals surface area contributed by atoms with Crippen molar-refractivity contribution in [1.82, 2.24) is 5.32 Å². The van der Waals surface area contributed by atoms with Crippen LogP contribution in [-0.2, 0) is 0 Å². The summed E-state index contributed by atoms with van der Waals surface area (Å²) in [5, 5.41) is 3.18. The zero-order chi connectivity index (χ0) is 9.26. The molecule has 1 aliphatic rings. The van der Waals surface area contributed by atoms with E-state index in [0.717, 1.165) is 18.8 Å². The molecule has 3 heteroatoms. The molecule has 1 aliphatic heterocycles. The van der Waals surface area contributed by atoms with Crippen LogP contribution < -0.4 is 10.1 Å². The van der Waals surface area contributed by atoms with Gasteiger partial charge in [-0.25, -0.2) is 0 Å². The molecule has 1 fully saturated rings. The van der Waals surface area contributed by atoms with Gasteiger partial charge in [0.25, 0.3) is 0 Å². The first kappa shape index (κ1) is 11.3. The molecule has 2 rings (SSSR count). The molecule has 0 bridgehead atoms. The predicted molar refractivity (Wildman–Crippen MR) is 60.4 cm³/mol. The Bertz CT molecular complexity index is 310. The summed E-state index contributed by atoms with van der Waals surface area (Å²) in [6, 6.07) is 6.26. The number of aryl methyl sites for hydroxylation is 2. The van der Waals surface area contributed by atoms with Crippen LogP contribution >= 0.6 is 12.4 Å². The highest BCUT2D eigenvalue weighted by Gasteiger charge is 2.17. The summed E-state index contributed by atoms with van der Waals surface area (Å²) in [4.78, 5) is 0. The third kappa shape index (κ3) is 2.40. The number of hydrogen-bond acceptors (Lipinski definition) is 2. The van der Waals surface area contributed by atoms with E-state index in [0.29, 0.717) is 6.10 Å². The Kier molecular flexibility index (Phi) is 3.78. The Labute approximate surface area is 91.1 Å². The summed E-state index contributed by atoms with van der Waals surface area (Å²) >= 11 is 0. The summed E-state index contributed by atoms with van der Waals surface area (Å²) in [6.45, 7) is 6.19. The first-order valence-corrected chi connectivity index (χ1v) is 4.70. The van der Waals surface area contributed by atoms with Gasteiger partial charge in [-0.05, 0) is 37.1 Å². The van der Waals surface area contributed by atoms with E-state index in [4.69, 9.17) is 4.74 Å². The summed E-state index contributed by atoms with van der Waals surface area (Å²) in [6.07, 6.45) is 0.377. The SMILES string of the molecule is Cc1ccc(OC2CNC2)cc1C.Cl. The Morgan fingerprint density at radius 2 is 1.93 bits per heavy atom. The quantitative estimate of drug-likeness (QED) is 0.812. The van der Waals surface area contributed by atoms with Crippen LogP contribution in [0.25, 0.3) is 0 Å². The van der Waals surface area contributed by atoms with E-state index in [1.54, 1.807) is 0 Å². The lowest BCUT2D eigenvalue weighted by Crippen LogP contribution is -2.50. The second-order valence-corrected chi connectivity index (χ2v) is 3.64. The number of nitrogens with one attached hydrogen (secondary N) is 1. The minimum atomic E-state index is 0. The lowest BCUT2D eigenvalue weighted by molar-refractivity contribution is 0.142. The molecular formula is C11H16ClNO. The zero-order valence-corrected chi connectivity index (χ0v) is 9.36. The van der Waals surface area contributed by atoms with Crippen LogP contribution in [0.2, 0.25) is 0 Å². The maximum Gasteiger partial charge on any atom is 0.123 e. The molecule has 14 heavy (non-hydrogen) atoms. The van der Waals surface area contributed by atoms with Gasteiger partial charge in [0, 0.05) is 13.1 Å². The van der Waals surface area contributed by atoms with E-state index in [2.05, 4.69) is 31.3 Å². The monoisotopic (exact) mass is 213 g/mol. The van der Waals surface area contributed by atoms with Crippen molar-refractivity contribution in [3.05, 3.63) is 29.3 Å². The molecule has 0 radical (unpaired) electrons. The summed E-state index contributed by atoms with van der Waals surface area (Å²) in [5.41, 5.74) is 2.61. The standard InChI is InChI=1S/C11H15NO.ClH/c1-8-3-4-10(5-9(8)2)13-11-6-12-7-11;/h3-5,11-12H,6-7H2,1-2H3;1H. The first-order chi connectivity index (χ1) is 6.25. The lowest BCUT2D eigenvalue weighted by atomic mass is 10.1. The molecule has 0 unspecified atom stereocenters. The molecule has 0 aliphatic carbocycles. The van der Waals surface area contributed by atoms with Gasteiger partial charge in [0.2, 0.25) is 0 Å². The second-order valence-electron chi connectivity index (χ2n) is 3.64. The minimum Gasteiger partial charge on any atom is -0.488 e. The van der Waals surface area contributed by atoms with Gasteiger partial charge in [0.1, 0.15) is 11.9 Å². The van der Waals surface area contributed by atoms with Crippen molar-refractivity contribution < 1.29 is 4.74 Å². The smallest absolute Gasteiger partial charge is 0.123 e. The average molecular weight is 214 g/mol. The summed E-state index contributed by atoms with van der Waals surface area (Å²) < 4.78 is 5.72. The lowest BCUT2D eigenvalue weighted by Gasteiger charge is -2.28. The first-order valence-electron chi connectivity index (χ1n) is 4.70. The fourth-order valence-corrected chi connectivity index (χ4v) is 1.33.